The molecule has 8 heteroatoms. The van der Waals surface area contributed by atoms with Crippen LogP contribution in [0.3, 0.4) is 0 Å². The van der Waals surface area contributed by atoms with Crippen molar-refractivity contribution in [2.24, 2.45) is 0 Å². The van der Waals surface area contributed by atoms with Crippen molar-refractivity contribution in [3.05, 3.63) is 71.5 Å². The van der Waals surface area contributed by atoms with Crippen LogP contribution in [0.4, 0.5) is 11.4 Å². The van der Waals surface area contributed by atoms with Crippen LogP contribution in [0, 0.1) is 0 Å². The molecule has 2 heterocycles. The van der Waals surface area contributed by atoms with Gasteiger partial charge in [-0.2, -0.15) is 5.10 Å². The fraction of sp³-hybridized carbons (Fsp3) is 0.150. The number of fused-ring (bicyclic) bond motifs is 1. The molecule has 1 aliphatic heterocycles. The number of nitrogens with one attached hydrogen (secondary N) is 2. The van der Waals surface area contributed by atoms with Gasteiger partial charge in [0.15, 0.2) is 4.75 Å². The zero-order chi connectivity index (χ0) is 19.7. The van der Waals surface area contributed by atoms with Gasteiger partial charge in [0.25, 0.3) is 0 Å². The second-order valence-corrected chi connectivity index (χ2v) is 8.49. The Morgan fingerprint density at radius 2 is 2.00 bits per heavy atom. The van der Waals surface area contributed by atoms with Crippen LogP contribution in [-0.2, 0) is 16.1 Å². The van der Waals surface area contributed by atoms with Crippen LogP contribution in [0.1, 0.15) is 12.5 Å². The third kappa shape index (κ3) is 3.63. The molecular weight excluding hydrogens is 396 g/mol. The largest absolute Gasteiger partial charge is 0.323 e. The van der Waals surface area contributed by atoms with Crippen molar-refractivity contribution in [1.82, 2.24) is 9.78 Å². The third-order valence-electron chi connectivity index (χ3n) is 4.46. The number of amides is 2. The number of thioether (sulfide) groups is 1. The van der Waals surface area contributed by atoms with Crippen molar-refractivity contribution in [2.75, 3.05) is 10.6 Å². The maximum Gasteiger partial charge on any atom is 0.250 e. The average Bonchev–Trinajstić information content (AvgIpc) is 3.11. The number of anilines is 2. The Morgan fingerprint density at radius 1 is 1.25 bits per heavy atom. The molecule has 2 N–H and O–H groups in total. The van der Waals surface area contributed by atoms with Gasteiger partial charge in [0, 0.05) is 16.1 Å². The molecule has 1 aliphatic rings. The van der Waals surface area contributed by atoms with Crippen molar-refractivity contribution < 1.29 is 9.59 Å². The van der Waals surface area contributed by atoms with Crippen LogP contribution < -0.4 is 10.6 Å². The number of carbonyl (C=O) groups excluding carboxylic acids is 2. The van der Waals surface area contributed by atoms with E-state index in [1.165, 1.54) is 11.8 Å². The number of benzene rings is 2. The van der Waals surface area contributed by atoms with E-state index in [-0.39, 0.29) is 5.91 Å². The normalized spacial score (nSPS) is 18.3. The number of nitrogens with zero attached hydrogens (tertiary/aromatic N) is 2. The quantitative estimate of drug-likeness (QED) is 0.634. The highest BCUT2D eigenvalue weighted by atomic mass is 35.5. The van der Waals surface area contributed by atoms with Crippen LogP contribution in [0.2, 0.25) is 5.02 Å². The summed E-state index contributed by atoms with van der Waals surface area (Å²) in [6.07, 6.45) is 3.30. The Bertz CT molecular complexity index is 1050. The van der Waals surface area contributed by atoms with E-state index in [2.05, 4.69) is 15.7 Å². The van der Waals surface area contributed by atoms with Gasteiger partial charge in [0.2, 0.25) is 11.8 Å². The summed E-state index contributed by atoms with van der Waals surface area (Å²) in [6, 6.07) is 14.9. The minimum atomic E-state index is -1.27. The maximum atomic E-state index is 12.9. The van der Waals surface area contributed by atoms with Gasteiger partial charge in [0.05, 0.1) is 24.1 Å². The molecule has 0 bridgehead atoms. The molecule has 0 aliphatic carbocycles. The number of halogens is 1. The second kappa shape index (κ2) is 7.33. The summed E-state index contributed by atoms with van der Waals surface area (Å²) in [6.45, 7) is 2.17. The number of carbonyl (C=O) groups is 2. The predicted octanol–water partition coefficient (Wildman–Crippen LogP) is 4.03. The van der Waals surface area contributed by atoms with Crippen LogP contribution in [-0.4, -0.2) is 26.3 Å². The molecule has 142 valence electrons. The predicted molar refractivity (Wildman–Crippen MR) is 111 cm³/mol. The van der Waals surface area contributed by atoms with E-state index in [0.29, 0.717) is 17.3 Å². The minimum Gasteiger partial charge on any atom is -0.323 e. The number of hydrogen-bond acceptors (Lipinski definition) is 4. The summed E-state index contributed by atoms with van der Waals surface area (Å²) in [5.74, 6) is -0.738. The number of hydrogen-bond donors (Lipinski definition) is 2. The average molecular weight is 413 g/mol. The Kier molecular flexibility index (Phi) is 4.87. The highest BCUT2D eigenvalue weighted by molar-refractivity contribution is 8.02. The zero-order valence-corrected chi connectivity index (χ0v) is 16.6. The summed E-state index contributed by atoms with van der Waals surface area (Å²) < 4.78 is 0.442. The lowest BCUT2D eigenvalue weighted by atomic mass is 10.1. The molecule has 28 heavy (non-hydrogen) atoms. The van der Waals surface area contributed by atoms with Crippen molar-refractivity contribution in [2.45, 2.75) is 23.1 Å². The molecule has 1 atom stereocenters. The van der Waals surface area contributed by atoms with E-state index in [9.17, 15) is 9.59 Å². The van der Waals surface area contributed by atoms with Crippen molar-refractivity contribution >= 4 is 46.6 Å². The molecule has 4 rings (SSSR count). The Balaban J connectivity index is 1.47. The topological polar surface area (TPSA) is 76.0 Å². The van der Waals surface area contributed by atoms with Gasteiger partial charge in [-0.15, -0.1) is 0 Å². The number of para-hydroxylation sites is 1. The monoisotopic (exact) mass is 412 g/mol. The maximum absolute atomic E-state index is 12.9. The summed E-state index contributed by atoms with van der Waals surface area (Å²) >= 11 is 7.14. The number of rotatable bonds is 4. The Morgan fingerprint density at radius 3 is 2.79 bits per heavy atom. The molecule has 1 unspecified atom stereocenters. The molecule has 6 nitrogen and oxygen atoms in total. The van der Waals surface area contributed by atoms with E-state index in [4.69, 9.17) is 11.6 Å². The van der Waals surface area contributed by atoms with Crippen LogP contribution in [0.25, 0.3) is 0 Å². The number of aromatic nitrogens is 2. The smallest absolute Gasteiger partial charge is 0.250 e. The van der Waals surface area contributed by atoms with Crippen molar-refractivity contribution in [1.29, 1.82) is 0 Å². The van der Waals surface area contributed by atoms with Gasteiger partial charge in [0.1, 0.15) is 0 Å². The van der Waals surface area contributed by atoms with Crippen molar-refractivity contribution in [3.63, 3.8) is 0 Å². The lowest BCUT2D eigenvalue weighted by Crippen LogP contribution is -2.49. The van der Waals surface area contributed by atoms with E-state index in [0.717, 1.165) is 16.1 Å². The third-order valence-corrected chi connectivity index (χ3v) is 6.07. The first-order chi connectivity index (χ1) is 13.4. The second-order valence-electron chi connectivity index (χ2n) is 6.59. The first kappa shape index (κ1) is 18.6. The molecule has 0 saturated carbocycles. The minimum absolute atomic E-state index is 0.345. The molecule has 2 aromatic carbocycles. The van der Waals surface area contributed by atoms with Gasteiger partial charge in [-0.3, -0.25) is 14.3 Å². The standard InChI is InChI=1S/C20H17ClN4O2S/c1-20(19(27)24-16-4-2-3-5-17(16)28-20)18(26)23-15-10-22-25(12-15)11-13-6-8-14(21)9-7-13/h2-10,12H,11H2,1H3,(H,23,26)(H,24,27). The molecule has 2 amide bonds. The van der Waals surface area contributed by atoms with Crippen molar-refractivity contribution in [3.8, 4) is 0 Å². The van der Waals surface area contributed by atoms with E-state index in [1.54, 1.807) is 24.0 Å². The summed E-state index contributed by atoms with van der Waals surface area (Å²) in [7, 11) is 0. The lowest BCUT2D eigenvalue weighted by molar-refractivity contribution is -0.126. The highest BCUT2D eigenvalue weighted by Gasteiger charge is 2.45. The highest BCUT2D eigenvalue weighted by Crippen LogP contribution is 2.42. The van der Waals surface area contributed by atoms with Gasteiger partial charge >= 0.3 is 0 Å². The van der Waals surface area contributed by atoms with Crippen LogP contribution >= 0.6 is 23.4 Å². The lowest BCUT2D eigenvalue weighted by Gasteiger charge is -2.31. The summed E-state index contributed by atoms with van der Waals surface area (Å²) in [4.78, 5) is 26.3. The fourth-order valence-corrected chi connectivity index (χ4v) is 4.09. The SMILES string of the molecule is CC1(C(=O)Nc2cnn(Cc3ccc(Cl)cc3)c2)Sc2ccccc2NC1=O. The summed E-state index contributed by atoms with van der Waals surface area (Å²) in [5, 5.41) is 10.6. The van der Waals surface area contributed by atoms with E-state index < -0.39 is 10.7 Å². The molecule has 0 fully saturated rings. The molecular formula is C20H17ClN4O2S. The summed E-state index contributed by atoms with van der Waals surface area (Å²) in [5.41, 5.74) is 2.29. The van der Waals surface area contributed by atoms with Gasteiger partial charge < -0.3 is 10.6 Å². The zero-order valence-electron chi connectivity index (χ0n) is 15.0. The molecule has 0 saturated heterocycles. The fourth-order valence-electron chi connectivity index (χ4n) is 2.86. The first-order valence-electron chi connectivity index (χ1n) is 8.62. The van der Waals surface area contributed by atoms with Crippen LogP contribution in [0.15, 0.2) is 65.8 Å². The Hall–Kier alpha value is -2.77. The molecule has 0 radical (unpaired) electrons. The van der Waals surface area contributed by atoms with Gasteiger partial charge in [-0.1, -0.05) is 47.6 Å². The van der Waals surface area contributed by atoms with Gasteiger partial charge in [-0.25, -0.2) is 0 Å². The molecule has 3 aromatic rings. The van der Waals surface area contributed by atoms with E-state index >= 15 is 0 Å². The molecule has 0 spiro atoms. The van der Waals surface area contributed by atoms with Crippen LogP contribution in [0.5, 0.6) is 0 Å². The molecule has 1 aromatic heterocycles. The first-order valence-corrected chi connectivity index (χ1v) is 9.81. The Labute approximate surface area is 171 Å². The van der Waals surface area contributed by atoms with E-state index in [1.807, 2.05) is 48.5 Å². The van der Waals surface area contributed by atoms with Gasteiger partial charge in [-0.05, 0) is 36.8 Å².